The van der Waals surface area contributed by atoms with Gasteiger partial charge in [0.1, 0.15) is 0 Å². The van der Waals surface area contributed by atoms with Crippen LogP contribution in [0.1, 0.15) is 49.3 Å². The highest BCUT2D eigenvalue weighted by molar-refractivity contribution is 7.90. The van der Waals surface area contributed by atoms with Gasteiger partial charge in [-0.05, 0) is 79.6 Å². The van der Waals surface area contributed by atoms with Crippen LogP contribution in [0.2, 0.25) is 5.82 Å². The largest absolute Gasteiger partial charge is 0.481 e. The lowest BCUT2D eigenvalue weighted by Gasteiger charge is -2.28. The summed E-state index contributed by atoms with van der Waals surface area (Å²) in [6.07, 6.45) is 8.32. The van der Waals surface area contributed by atoms with Gasteiger partial charge < -0.3 is 20.1 Å². The molecule has 2 heterocycles. The third-order valence-electron chi connectivity index (χ3n) is 7.40. The Kier molecular flexibility index (Phi) is 7.42. The number of ether oxygens (including phenoxy) is 1. The summed E-state index contributed by atoms with van der Waals surface area (Å²) in [5.74, 6) is 0.241. The van der Waals surface area contributed by atoms with Crippen LogP contribution < -0.4 is 14.8 Å². The van der Waals surface area contributed by atoms with E-state index >= 15 is 0 Å². The SMILES string of the molecule is COc1cc(-c2ccc3c(c2NC(=O)NS(=O)(=O)c2ccn([C@H]4CC[C@@H](B(O)O)CC4)n2)CCC3)ccn1. The molecule has 2 aliphatic rings. The summed E-state index contributed by atoms with van der Waals surface area (Å²) >= 11 is 0. The van der Waals surface area contributed by atoms with Crippen LogP contribution in [-0.2, 0) is 22.9 Å². The summed E-state index contributed by atoms with van der Waals surface area (Å²) in [6, 6.07) is 7.95. The van der Waals surface area contributed by atoms with Crippen molar-refractivity contribution in [2.45, 2.75) is 61.8 Å². The Morgan fingerprint density at radius 3 is 2.66 bits per heavy atom. The Bertz CT molecular complexity index is 1440. The maximum absolute atomic E-state index is 13.0. The summed E-state index contributed by atoms with van der Waals surface area (Å²) < 4.78 is 34.9. The van der Waals surface area contributed by atoms with Gasteiger partial charge in [0, 0.05) is 24.0 Å². The molecule has 1 aromatic carbocycles. The molecular weight excluding hydrogens is 509 g/mol. The van der Waals surface area contributed by atoms with Gasteiger partial charge in [-0.15, -0.1) is 0 Å². The lowest BCUT2D eigenvalue weighted by Crippen LogP contribution is -2.35. The van der Waals surface area contributed by atoms with E-state index in [1.54, 1.807) is 29.2 Å². The molecule has 0 unspecified atom stereocenters. The summed E-state index contributed by atoms with van der Waals surface area (Å²) in [7, 11) is -4.05. The number of urea groups is 1. The van der Waals surface area contributed by atoms with E-state index in [0.29, 0.717) is 37.3 Å². The number of pyridine rings is 1. The summed E-state index contributed by atoms with van der Waals surface area (Å²) in [6.45, 7) is 0. The van der Waals surface area contributed by atoms with Gasteiger partial charge in [0.25, 0.3) is 10.0 Å². The zero-order valence-corrected chi connectivity index (χ0v) is 21.8. The molecule has 0 aliphatic heterocycles. The minimum atomic E-state index is -4.23. The molecule has 200 valence electrons. The smallest absolute Gasteiger partial charge is 0.454 e. The normalized spacial score (nSPS) is 19.0. The second-order valence-electron chi connectivity index (χ2n) is 9.74. The molecule has 5 rings (SSSR count). The molecule has 1 fully saturated rings. The molecule has 11 nitrogen and oxygen atoms in total. The lowest BCUT2D eigenvalue weighted by atomic mass is 9.64. The van der Waals surface area contributed by atoms with Crippen LogP contribution in [0.3, 0.4) is 0 Å². The minimum Gasteiger partial charge on any atom is -0.481 e. The van der Waals surface area contributed by atoms with E-state index in [1.807, 2.05) is 12.1 Å². The minimum absolute atomic E-state index is 0.0467. The topological polar surface area (TPSA) is 156 Å². The first-order valence-electron chi connectivity index (χ1n) is 12.7. The van der Waals surface area contributed by atoms with Crippen LogP contribution >= 0.6 is 0 Å². The van der Waals surface area contributed by atoms with Crippen molar-refractivity contribution in [1.82, 2.24) is 19.5 Å². The first kappa shape index (κ1) is 26.2. The number of carbonyl (C=O) groups excluding carboxylic acids is 1. The number of methoxy groups -OCH3 is 1. The van der Waals surface area contributed by atoms with Gasteiger partial charge in [-0.25, -0.2) is 14.5 Å². The zero-order valence-electron chi connectivity index (χ0n) is 21.0. The number of amides is 2. The van der Waals surface area contributed by atoms with Crippen molar-refractivity contribution in [3.8, 4) is 17.0 Å². The van der Waals surface area contributed by atoms with E-state index in [0.717, 1.165) is 41.5 Å². The highest BCUT2D eigenvalue weighted by Crippen LogP contribution is 2.38. The standard InChI is InChI=1S/C25H30BN5O6S/c1-37-22-15-17(11-13-27-22)21-10-5-16-3-2-4-20(16)24(21)28-25(32)30-38(35,36)23-12-14-31(29-23)19-8-6-18(7-9-19)26(33)34/h5,10-15,18-19,33-34H,2-4,6-9H2,1H3,(H2,28,30,32)/t18-,19+. The number of anilines is 1. The summed E-state index contributed by atoms with van der Waals surface area (Å²) in [5.41, 5.74) is 4.20. The van der Waals surface area contributed by atoms with Crippen LogP contribution in [0, 0.1) is 0 Å². The van der Waals surface area contributed by atoms with Crippen molar-refractivity contribution in [2.75, 3.05) is 12.4 Å². The van der Waals surface area contributed by atoms with E-state index in [4.69, 9.17) is 4.74 Å². The van der Waals surface area contributed by atoms with Crippen LogP contribution in [-0.4, -0.2) is 53.5 Å². The highest BCUT2D eigenvalue weighted by Gasteiger charge is 2.31. The van der Waals surface area contributed by atoms with Crippen LogP contribution in [0.4, 0.5) is 10.5 Å². The van der Waals surface area contributed by atoms with Crippen molar-refractivity contribution in [3.63, 3.8) is 0 Å². The number of aromatic nitrogens is 3. The number of benzene rings is 1. The third kappa shape index (κ3) is 5.40. The molecule has 4 N–H and O–H groups in total. The van der Waals surface area contributed by atoms with Gasteiger partial charge in [-0.2, -0.15) is 13.5 Å². The number of hydrogen-bond donors (Lipinski definition) is 4. The van der Waals surface area contributed by atoms with Crippen LogP contribution in [0.25, 0.3) is 11.1 Å². The summed E-state index contributed by atoms with van der Waals surface area (Å²) in [4.78, 5) is 17.1. The van der Waals surface area contributed by atoms with Crippen LogP contribution in [0.15, 0.2) is 47.8 Å². The number of rotatable bonds is 7. The average Bonchev–Trinajstić information content (AvgIpc) is 3.59. The van der Waals surface area contributed by atoms with E-state index in [9.17, 15) is 23.3 Å². The fourth-order valence-electron chi connectivity index (χ4n) is 5.38. The molecule has 2 aliphatic carbocycles. The van der Waals surface area contributed by atoms with E-state index in [-0.39, 0.29) is 16.9 Å². The molecular formula is C25H30BN5O6S. The predicted molar refractivity (Wildman–Crippen MR) is 141 cm³/mol. The molecule has 1 saturated carbocycles. The highest BCUT2D eigenvalue weighted by atomic mass is 32.2. The molecule has 0 bridgehead atoms. The summed E-state index contributed by atoms with van der Waals surface area (Å²) in [5, 5.41) is 25.5. The van der Waals surface area contributed by atoms with E-state index < -0.39 is 23.2 Å². The Hall–Kier alpha value is -3.42. The zero-order chi connectivity index (χ0) is 26.9. The Labute approximate surface area is 221 Å². The fraction of sp³-hybridized carbons (Fsp3) is 0.400. The number of sulfonamides is 1. The molecule has 2 aromatic heterocycles. The number of hydrogen-bond acceptors (Lipinski definition) is 8. The number of aryl methyl sites for hydroxylation is 1. The van der Waals surface area contributed by atoms with E-state index in [1.165, 1.54) is 13.2 Å². The van der Waals surface area contributed by atoms with Crippen molar-refractivity contribution < 1.29 is 28.0 Å². The molecule has 13 heteroatoms. The number of nitrogens with one attached hydrogen (secondary N) is 2. The third-order valence-corrected chi connectivity index (χ3v) is 8.62. The molecule has 3 aromatic rings. The predicted octanol–water partition coefficient (Wildman–Crippen LogP) is 2.91. The van der Waals surface area contributed by atoms with E-state index in [2.05, 4.69) is 20.1 Å². The van der Waals surface area contributed by atoms with Gasteiger partial charge in [-0.3, -0.25) is 4.68 Å². The van der Waals surface area contributed by atoms with Crippen LogP contribution in [0.5, 0.6) is 5.88 Å². The molecule has 0 spiro atoms. The Morgan fingerprint density at radius 2 is 1.92 bits per heavy atom. The van der Waals surface area contributed by atoms with Crippen molar-refractivity contribution in [3.05, 3.63) is 53.9 Å². The molecule has 38 heavy (non-hydrogen) atoms. The quantitative estimate of drug-likeness (QED) is 0.334. The van der Waals surface area contributed by atoms with Crippen molar-refractivity contribution in [2.24, 2.45) is 0 Å². The first-order valence-corrected chi connectivity index (χ1v) is 14.1. The first-order chi connectivity index (χ1) is 18.2. The maximum Gasteiger partial charge on any atom is 0.454 e. The number of nitrogens with zero attached hydrogens (tertiary/aromatic N) is 3. The van der Waals surface area contributed by atoms with Crippen molar-refractivity contribution in [1.29, 1.82) is 0 Å². The fourth-order valence-corrected chi connectivity index (χ4v) is 6.22. The van der Waals surface area contributed by atoms with Gasteiger partial charge in [0.2, 0.25) is 5.88 Å². The van der Waals surface area contributed by atoms with Crippen molar-refractivity contribution >= 4 is 28.9 Å². The lowest BCUT2D eigenvalue weighted by molar-refractivity contribution is 0.256. The Balaban J connectivity index is 1.33. The monoisotopic (exact) mass is 539 g/mol. The maximum atomic E-state index is 13.0. The van der Waals surface area contributed by atoms with Gasteiger partial charge in [0.15, 0.2) is 5.03 Å². The molecule has 0 radical (unpaired) electrons. The number of carbonyl (C=O) groups is 1. The van der Waals surface area contributed by atoms with Gasteiger partial charge in [0.05, 0.1) is 18.8 Å². The Morgan fingerprint density at radius 1 is 1.13 bits per heavy atom. The number of fused-ring (bicyclic) bond motifs is 1. The second-order valence-corrected chi connectivity index (χ2v) is 11.4. The molecule has 2 amide bonds. The molecule has 0 saturated heterocycles. The average molecular weight is 539 g/mol. The van der Waals surface area contributed by atoms with Gasteiger partial charge in [-0.1, -0.05) is 12.1 Å². The van der Waals surface area contributed by atoms with Gasteiger partial charge >= 0.3 is 13.1 Å². The molecule has 0 atom stereocenters. The second kappa shape index (κ2) is 10.8.